The Labute approximate surface area is 186 Å². The Morgan fingerprint density at radius 1 is 1.25 bits per heavy atom. The number of piperidine rings is 1. The standard InChI is InChI=1S/C23H26N4O5/c1-30-17-6-7-18(20(11-17)31-2)22(29)27-10-4-8-23(15-27)12-19(26-32-23)21(28)25-14-16-5-3-9-24-13-16/h3,5-7,9,11,13H,4,8,10,12,14-15H2,1-2H3,(H,25,28). The first-order chi connectivity index (χ1) is 15.5. The molecule has 1 aromatic heterocycles. The van der Waals surface area contributed by atoms with E-state index in [0.29, 0.717) is 48.8 Å². The normalized spacial score (nSPS) is 19.8. The lowest BCUT2D eigenvalue weighted by Gasteiger charge is -2.38. The van der Waals surface area contributed by atoms with Crippen molar-refractivity contribution < 1.29 is 23.9 Å². The van der Waals surface area contributed by atoms with Crippen LogP contribution in [0.4, 0.5) is 0 Å². The highest BCUT2D eigenvalue weighted by Gasteiger charge is 2.45. The molecule has 0 radical (unpaired) electrons. The Hall–Kier alpha value is -3.62. The van der Waals surface area contributed by atoms with Crippen LogP contribution in [0.15, 0.2) is 47.9 Å². The number of ether oxygens (including phenoxy) is 2. The Morgan fingerprint density at radius 3 is 2.88 bits per heavy atom. The fourth-order valence-corrected chi connectivity index (χ4v) is 4.07. The lowest BCUT2D eigenvalue weighted by molar-refractivity contribution is -0.115. The number of likely N-dealkylation sites (tertiary alicyclic amines) is 1. The number of benzene rings is 1. The van der Waals surface area contributed by atoms with Crippen molar-refractivity contribution in [3.8, 4) is 11.5 Å². The molecule has 1 fully saturated rings. The maximum absolute atomic E-state index is 13.2. The third-order valence-corrected chi connectivity index (χ3v) is 5.74. The number of nitrogens with zero attached hydrogens (tertiary/aromatic N) is 3. The molecule has 9 heteroatoms. The summed E-state index contributed by atoms with van der Waals surface area (Å²) in [7, 11) is 3.08. The van der Waals surface area contributed by atoms with E-state index in [0.717, 1.165) is 18.4 Å². The maximum Gasteiger partial charge on any atom is 0.269 e. The average molecular weight is 438 g/mol. The second-order valence-electron chi connectivity index (χ2n) is 7.93. The van der Waals surface area contributed by atoms with Crippen molar-refractivity contribution in [2.24, 2.45) is 5.16 Å². The van der Waals surface area contributed by atoms with E-state index < -0.39 is 5.60 Å². The van der Waals surface area contributed by atoms with Crippen molar-refractivity contribution in [2.45, 2.75) is 31.4 Å². The average Bonchev–Trinajstić information content (AvgIpc) is 3.25. The minimum atomic E-state index is -0.686. The monoisotopic (exact) mass is 438 g/mol. The molecule has 2 aromatic rings. The van der Waals surface area contributed by atoms with E-state index in [2.05, 4.69) is 15.5 Å². The smallest absolute Gasteiger partial charge is 0.269 e. The van der Waals surface area contributed by atoms with Gasteiger partial charge < -0.3 is 24.5 Å². The minimum Gasteiger partial charge on any atom is -0.497 e. The molecule has 4 rings (SSSR count). The number of carbonyl (C=O) groups is 2. The van der Waals surface area contributed by atoms with Crippen LogP contribution in [0.2, 0.25) is 0 Å². The van der Waals surface area contributed by atoms with Gasteiger partial charge in [-0.25, -0.2) is 0 Å². The highest BCUT2D eigenvalue weighted by Crippen LogP contribution is 2.35. The van der Waals surface area contributed by atoms with Crippen LogP contribution in [0.25, 0.3) is 0 Å². The third kappa shape index (κ3) is 4.51. The lowest BCUT2D eigenvalue weighted by Crippen LogP contribution is -2.51. The van der Waals surface area contributed by atoms with Gasteiger partial charge in [-0.15, -0.1) is 0 Å². The van der Waals surface area contributed by atoms with Crippen LogP contribution >= 0.6 is 0 Å². The Balaban J connectivity index is 1.40. The molecule has 1 spiro atoms. The molecule has 1 unspecified atom stereocenters. The first kappa shape index (κ1) is 21.6. The predicted octanol–water partition coefficient (Wildman–Crippen LogP) is 2.17. The van der Waals surface area contributed by atoms with Gasteiger partial charge in [0.25, 0.3) is 11.8 Å². The number of oxime groups is 1. The molecule has 32 heavy (non-hydrogen) atoms. The summed E-state index contributed by atoms with van der Waals surface area (Å²) in [5.41, 5.74) is 1.01. The summed E-state index contributed by atoms with van der Waals surface area (Å²) in [6.45, 7) is 1.31. The van der Waals surface area contributed by atoms with Gasteiger partial charge in [0.2, 0.25) is 0 Å². The van der Waals surface area contributed by atoms with Gasteiger partial charge in [-0.3, -0.25) is 14.6 Å². The molecule has 168 valence electrons. The first-order valence-electron chi connectivity index (χ1n) is 10.5. The van der Waals surface area contributed by atoms with Crippen molar-refractivity contribution in [1.29, 1.82) is 0 Å². The van der Waals surface area contributed by atoms with E-state index >= 15 is 0 Å². The summed E-state index contributed by atoms with van der Waals surface area (Å²) in [4.78, 5) is 37.3. The van der Waals surface area contributed by atoms with Crippen LogP contribution in [0.1, 0.15) is 35.2 Å². The molecule has 0 bridgehead atoms. The van der Waals surface area contributed by atoms with Crippen LogP contribution in [-0.4, -0.2) is 60.3 Å². The van der Waals surface area contributed by atoms with Crippen LogP contribution in [0, 0.1) is 0 Å². The molecular formula is C23H26N4O5. The van der Waals surface area contributed by atoms with Gasteiger partial charge >= 0.3 is 0 Å². The number of amides is 2. The number of methoxy groups -OCH3 is 2. The quantitative estimate of drug-likeness (QED) is 0.742. The van der Waals surface area contributed by atoms with E-state index in [9.17, 15) is 9.59 Å². The number of hydrogen-bond acceptors (Lipinski definition) is 7. The number of rotatable bonds is 6. The molecule has 3 heterocycles. The van der Waals surface area contributed by atoms with Crippen LogP contribution in [0.3, 0.4) is 0 Å². The van der Waals surface area contributed by atoms with Crippen LogP contribution < -0.4 is 14.8 Å². The van der Waals surface area contributed by atoms with E-state index in [1.807, 2.05) is 12.1 Å². The Morgan fingerprint density at radius 2 is 2.12 bits per heavy atom. The van der Waals surface area contributed by atoms with E-state index in [-0.39, 0.29) is 11.8 Å². The molecular weight excluding hydrogens is 412 g/mol. The zero-order valence-corrected chi connectivity index (χ0v) is 18.2. The van der Waals surface area contributed by atoms with Gasteiger partial charge in [0.1, 0.15) is 17.2 Å². The zero-order valence-electron chi connectivity index (χ0n) is 18.2. The summed E-state index contributed by atoms with van der Waals surface area (Å²) in [6.07, 6.45) is 5.22. The fraction of sp³-hybridized carbons (Fsp3) is 0.391. The number of aromatic nitrogens is 1. The van der Waals surface area contributed by atoms with Crippen molar-refractivity contribution in [1.82, 2.24) is 15.2 Å². The molecule has 1 saturated heterocycles. The third-order valence-electron chi connectivity index (χ3n) is 5.74. The molecule has 1 aromatic carbocycles. The van der Waals surface area contributed by atoms with Gasteiger partial charge in [-0.2, -0.15) is 0 Å². The molecule has 2 aliphatic heterocycles. The number of carbonyl (C=O) groups excluding carboxylic acids is 2. The summed E-state index contributed by atoms with van der Waals surface area (Å²) in [5.74, 6) is 0.642. The van der Waals surface area contributed by atoms with Crippen LogP contribution in [0.5, 0.6) is 11.5 Å². The van der Waals surface area contributed by atoms with Crippen molar-refractivity contribution in [2.75, 3.05) is 27.3 Å². The number of pyridine rings is 1. The van der Waals surface area contributed by atoms with Crippen molar-refractivity contribution >= 4 is 17.5 Å². The number of hydrogen-bond donors (Lipinski definition) is 1. The molecule has 0 saturated carbocycles. The molecule has 2 aliphatic rings. The summed E-state index contributed by atoms with van der Waals surface area (Å²) < 4.78 is 10.6. The highest BCUT2D eigenvalue weighted by molar-refractivity contribution is 6.39. The largest absolute Gasteiger partial charge is 0.497 e. The lowest BCUT2D eigenvalue weighted by atomic mass is 9.87. The molecule has 1 atom stereocenters. The van der Waals surface area contributed by atoms with E-state index in [4.69, 9.17) is 14.3 Å². The summed E-state index contributed by atoms with van der Waals surface area (Å²) in [6, 6.07) is 8.82. The van der Waals surface area contributed by atoms with Gasteiger partial charge in [0.05, 0.1) is 26.3 Å². The van der Waals surface area contributed by atoms with Crippen molar-refractivity contribution in [3.05, 3.63) is 53.9 Å². The highest BCUT2D eigenvalue weighted by atomic mass is 16.7. The van der Waals surface area contributed by atoms with E-state index in [1.165, 1.54) is 7.11 Å². The first-order valence-corrected chi connectivity index (χ1v) is 10.5. The molecule has 9 nitrogen and oxygen atoms in total. The minimum absolute atomic E-state index is 0.151. The molecule has 2 amide bonds. The van der Waals surface area contributed by atoms with Gasteiger partial charge in [0, 0.05) is 38.0 Å². The second-order valence-corrected chi connectivity index (χ2v) is 7.93. The van der Waals surface area contributed by atoms with E-state index in [1.54, 1.807) is 42.6 Å². The number of nitrogens with one attached hydrogen (secondary N) is 1. The Bertz CT molecular complexity index is 1030. The van der Waals surface area contributed by atoms with Crippen LogP contribution in [-0.2, 0) is 16.2 Å². The van der Waals surface area contributed by atoms with Crippen molar-refractivity contribution in [3.63, 3.8) is 0 Å². The fourth-order valence-electron chi connectivity index (χ4n) is 4.07. The van der Waals surface area contributed by atoms with Gasteiger partial charge in [-0.1, -0.05) is 11.2 Å². The summed E-state index contributed by atoms with van der Waals surface area (Å²) in [5, 5.41) is 6.91. The van der Waals surface area contributed by atoms with Gasteiger partial charge in [0.15, 0.2) is 5.60 Å². The molecule has 0 aliphatic carbocycles. The zero-order chi connectivity index (χ0) is 22.6. The predicted molar refractivity (Wildman–Crippen MR) is 117 cm³/mol. The molecule has 1 N–H and O–H groups in total. The maximum atomic E-state index is 13.2. The Kier molecular flexibility index (Phi) is 6.25. The second kappa shape index (κ2) is 9.25. The van der Waals surface area contributed by atoms with Gasteiger partial charge in [-0.05, 0) is 36.6 Å². The summed E-state index contributed by atoms with van der Waals surface area (Å²) >= 11 is 0. The topological polar surface area (TPSA) is 102 Å². The SMILES string of the molecule is COc1ccc(C(=O)N2CCCC3(CC(C(=O)NCc4cccnc4)=NO3)C2)c(OC)c1.